The molecule has 0 saturated heterocycles. The van der Waals surface area contributed by atoms with Crippen LogP contribution in [0.3, 0.4) is 0 Å². The van der Waals surface area contributed by atoms with E-state index in [2.05, 4.69) is 16.9 Å². The van der Waals surface area contributed by atoms with Crippen LogP contribution in [-0.4, -0.2) is 27.8 Å². The van der Waals surface area contributed by atoms with E-state index in [1.54, 1.807) is 48.5 Å². The summed E-state index contributed by atoms with van der Waals surface area (Å²) in [5.74, 6) is 0.639. The summed E-state index contributed by atoms with van der Waals surface area (Å²) in [4.78, 5) is 29.7. The molecule has 1 amide bonds. The van der Waals surface area contributed by atoms with E-state index >= 15 is 0 Å². The molecular weight excluding hydrogens is 410 g/mol. The SMILES string of the molecule is C=CCn1c(SCC(=O)Nc2ccc(OCC)cc2)nc2cc(Cl)ccc2c1=O. The number of hydrogen-bond acceptors (Lipinski definition) is 5. The van der Waals surface area contributed by atoms with Crippen molar-refractivity contribution in [2.24, 2.45) is 0 Å². The number of thioether (sulfide) groups is 1. The highest BCUT2D eigenvalue weighted by Gasteiger charge is 2.13. The lowest BCUT2D eigenvalue weighted by Gasteiger charge is -2.12. The van der Waals surface area contributed by atoms with E-state index in [-0.39, 0.29) is 17.2 Å². The van der Waals surface area contributed by atoms with E-state index in [0.29, 0.717) is 39.9 Å². The molecule has 1 N–H and O–H groups in total. The van der Waals surface area contributed by atoms with Crippen LogP contribution < -0.4 is 15.6 Å². The topological polar surface area (TPSA) is 73.2 Å². The fourth-order valence-corrected chi connectivity index (χ4v) is 3.68. The second kappa shape index (κ2) is 9.62. The molecule has 0 aliphatic heterocycles. The Morgan fingerprint density at radius 2 is 2.07 bits per heavy atom. The zero-order valence-electron chi connectivity index (χ0n) is 15.9. The minimum absolute atomic E-state index is 0.100. The van der Waals surface area contributed by atoms with Crippen molar-refractivity contribution >= 4 is 45.9 Å². The van der Waals surface area contributed by atoms with Crippen molar-refractivity contribution in [1.82, 2.24) is 9.55 Å². The maximum atomic E-state index is 12.8. The number of hydrogen-bond donors (Lipinski definition) is 1. The Morgan fingerprint density at radius 1 is 1.31 bits per heavy atom. The molecule has 0 aliphatic rings. The van der Waals surface area contributed by atoms with Gasteiger partial charge in [0.1, 0.15) is 5.75 Å². The van der Waals surface area contributed by atoms with E-state index in [4.69, 9.17) is 16.3 Å². The van der Waals surface area contributed by atoms with Crippen molar-refractivity contribution < 1.29 is 9.53 Å². The van der Waals surface area contributed by atoms with Crippen LogP contribution in [-0.2, 0) is 11.3 Å². The molecule has 0 unspecified atom stereocenters. The summed E-state index contributed by atoms with van der Waals surface area (Å²) < 4.78 is 6.89. The first kappa shape index (κ1) is 21.0. The van der Waals surface area contributed by atoms with E-state index in [9.17, 15) is 9.59 Å². The summed E-state index contributed by atoms with van der Waals surface area (Å²) in [7, 11) is 0. The highest BCUT2D eigenvalue weighted by molar-refractivity contribution is 7.99. The fraction of sp³-hybridized carbons (Fsp3) is 0.190. The highest BCUT2D eigenvalue weighted by atomic mass is 35.5. The van der Waals surface area contributed by atoms with Gasteiger partial charge in [-0.2, -0.15) is 0 Å². The van der Waals surface area contributed by atoms with Crippen LogP contribution in [0.5, 0.6) is 5.75 Å². The maximum Gasteiger partial charge on any atom is 0.262 e. The molecule has 0 radical (unpaired) electrons. The Balaban J connectivity index is 1.76. The number of benzene rings is 2. The van der Waals surface area contributed by atoms with Gasteiger partial charge in [0.05, 0.1) is 23.3 Å². The summed E-state index contributed by atoms with van der Waals surface area (Å²) in [5, 5.41) is 4.23. The van der Waals surface area contributed by atoms with Gasteiger partial charge in [-0.3, -0.25) is 14.2 Å². The van der Waals surface area contributed by atoms with Crippen LogP contribution >= 0.6 is 23.4 Å². The van der Waals surface area contributed by atoms with Crippen molar-refractivity contribution in [2.45, 2.75) is 18.6 Å². The van der Waals surface area contributed by atoms with Crippen molar-refractivity contribution in [3.63, 3.8) is 0 Å². The van der Waals surface area contributed by atoms with E-state index in [1.165, 1.54) is 16.3 Å². The molecule has 1 heterocycles. The third kappa shape index (κ3) is 5.19. The molecule has 0 spiro atoms. The largest absolute Gasteiger partial charge is 0.494 e. The molecule has 0 fully saturated rings. The van der Waals surface area contributed by atoms with Gasteiger partial charge < -0.3 is 10.1 Å². The lowest BCUT2D eigenvalue weighted by molar-refractivity contribution is -0.113. The second-order valence-corrected chi connectivity index (χ2v) is 7.43. The number of carbonyl (C=O) groups is 1. The number of rotatable bonds is 8. The highest BCUT2D eigenvalue weighted by Crippen LogP contribution is 2.21. The third-order valence-electron chi connectivity index (χ3n) is 3.98. The smallest absolute Gasteiger partial charge is 0.262 e. The molecule has 8 heteroatoms. The number of halogens is 1. The van der Waals surface area contributed by atoms with Gasteiger partial charge >= 0.3 is 0 Å². The first-order valence-electron chi connectivity index (χ1n) is 8.98. The fourth-order valence-electron chi connectivity index (χ4n) is 2.70. The van der Waals surface area contributed by atoms with Gasteiger partial charge in [-0.1, -0.05) is 29.4 Å². The molecule has 0 saturated carbocycles. The summed E-state index contributed by atoms with van der Waals surface area (Å²) in [6.07, 6.45) is 1.62. The average molecular weight is 430 g/mol. The minimum Gasteiger partial charge on any atom is -0.494 e. The van der Waals surface area contributed by atoms with Crippen LogP contribution in [0.1, 0.15) is 6.92 Å². The van der Waals surface area contributed by atoms with Crippen molar-refractivity contribution in [1.29, 1.82) is 0 Å². The Hall–Kier alpha value is -2.77. The summed E-state index contributed by atoms with van der Waals surface area (Å²) in [6.45, 7) is 6.49. The number of allylic oxidation sites excluding steroid dienone is 1. The van der Waals surface area contributed by atoms with Gasteiger partial charge in [0.2, 0.25) is 5.91 Å². The van der Waals surface area contributed by atoms with Gasteiger partial charge in [-0.25, -0.2) is 4.98 Å². The number of carbonyl (C=O) groups excluding carboxylic acids is 1. The summed E-state index contributed by atoms with van der Waals surface area (Å²) in [5.41, 5.74) is 0.971. The van der Waals surface area contributed by atoms with Crippen LogP contribution in [0.4, 0.5) is 5.69 Å². The predicted octanol–water partition coefficient (Wildman–Crippen LogP) is 4.37. The number of anilines is 1. The molecule has 29 heavy (non-hydrogen) atoms. The van der Waals surface area contributed by atoms with Crippen LogP contribution in [0.15, 0.2) is 65.1 Å². The summed E-state index contributed by atoms with van der Waals surface area (Å²) >= 11 is 7.21. The first-order valence-corrected chi connectivity index (χ1v) is 10.3. The number of aromatic nitrogens is 2. The van der Waals surface area contributed by atoms with Crippen molar-refractivity contribution in [2.75, 3.05) is 17.7 Å². The Labute approximate surface area is 177 Å². The molecule has 6 nitrogen and oxygen atoms in total. The van der Waals surface area contributed by atoms with Crippen LogP contribution in [0.2, 0.25) is 5.02 Å². The van der Waals surface area contributed by atoms with Gasteiger partial charge in [0.25, 0.3) is 5.56 Å². The molecule has 1 aromatic heterocycles. The molecule has 3 rings (SSSR count). The Morgan fingerprint density at radius 3 is 2.76 bits per heavy atom. The Kier molecular flexibility index (Phi) is 6.95. The molecule has 2 aromatic carbocycles. The lowest BCUT2D eigenvalue weighted by Crippen LogP contribution is -2.23. The van der Waals surface area contributed by atoms with Gasteiger partial charge in [0, 0.05) is 17.3 Å². The predicted molar refractivity (Wildman–Crippen MR) is 118 cm³/mol. The second-order valence-electron chi connectivity index (χ2n) is 6.05. The van der Waals surface area contributed by atoms with Gasteiger partial charge in [-0.15, -0.1) is 6.58 Å². The van der Waals surface area contributed by atoms with Crippen molar-refractivity contribution in [3.05, 3.63) is 70.5 Å². The molecular formula is C21H20ClN3O3S. The van der Waals surface area contributed by atoms with Crippen LogP contribution in [0, 0.1) is 0 Å². The van der Waals surface area contributed by atoms with Gasteiger partial charge in [-0.05, 0) is 49.4 Å². The zero-order valence-corrected chi connectivity index (χ0v) is 17.4. The number of ether oxygens (including phenoxy) is 1. The molecule has 0 aliphatic carbocycles. The van der Waals surface area contributed by atoms with Gasteiger partial charge in [0.15, 0.2) is 5.16 Å². The monoisotopic (exact) mass is 429 g/mol. The van der Waals surface area contributed by atoms with E-state index in [1.807, 2.05) is 6.92 Å². The molecule has 3 aromatic rings. The van der Waals surface area contributed by atoms with E-state index in [0.717, 1.165) is 5.75 Å². The quantitative estimate of drug-likeness (QED) is 0.327. The average Bonchev–Trinajstić information content (AvgIpc) is 2.70. The third-order valence-corrected chi connectivity index (χ3v) is 5.19. The first-order chi connectivity index (χ1) is 14.0. The normalized spacial score (nSPS) is 10.7. The molecule has 0 bridgehead atoms. The van der Waals surface area contributed by atoms with Crippen LogP contribution in [0.25, 0.3) is 10.9 Å². The Bertz CT molecular complexity index is 1100. The molecule has 150 valence electrons. The summed E-state index contributed by atoms with van der Waals surface area (Å²) in [6, 6.07) is 12.1. The lowest BCUT2D eigenvalue weighted by atomic mass is 10.2. The maximum absolute atomic E-state index is 12.8. The van der Waals surface area contributed by atoms with E-state index < -0.39 is 0 Å². The number of amides is 1. The zero-order chi connectivity index (χ0) is 20.8. The van der Waals surface area contributed by atoms with Crippen molar-refractivity contribution in [3.8, 4) is 5.75 Å². The number of nitrogens with zero attached hydrogens (tertiary/aromatic N) is 2. The number of nitrogens with one attached hydrogen (secondary N) is 1. The minimum atomic E-state index is -0.204. The molecule has 0 atom stereocenters. The standard InChI is InChI=1S/C21H20ClN3O3S/c1-3-11-25-20(27)17-10-5-14(22)12-18(17)24-21(25)29-13-19(26)23-15-6-8-16(9-7-15)28-4-2/h3,5-10,12H,1,4,11,13H2,2H3,(H,23,26). The number of fused-ring (bicyclic) bond motifs is 1.